The van der Waals surface area contributed by atoms with E-state index in [1.807, 2.05) is 20.8 Å². The van der Waals surface area contributed by atoms with E-state index in [2.05, 4.69) is 0 Å². The van der Waals surface area contributed by atoms with E-state index in [1.165, 1.54) is 16.4 Å². The molecule has 1 aromatic carbocycles. The van der Waals surface area contributed by atoms with Crippen molar-refractivity contribution in [1.82, 2.24) is 4.31 Å². The first-order valence-electron chi connectivity index (χ1n) is 7.54. The molecule has 0 aromatic heterocycles. The predicted octanol–water partition coefficient (Wildman–Crippen LogP) is 1.88. The average molecular weight is 324 g/mol. The number of carbonyl (C=O) groups is 1. The number of sulfonamides is 1. The maximum absolute atomic E-state index is 12.7. The summed E-state index contributed by atoms with van der Waals surface area (Å²) in [5, 5.41) is 0. The van der Waals surface area contributed by atoms with Crippen LogP contribution in [0.15, 0.2) is 29.2 Å². The van der Waals surface area contributed by atoms with Crippen LogP contribution >= 0.6 is 0 Å². The van der Waals surface area contributed by atoms with Gasteiger partial charge in [-0.05, 0) is 30.5 Å². The smallest absolute Gasteiger partial charge is 0.243 e. The number of benzene rings is 1. The van der Waals surface area contributed by atoms with Crippen molar-refractivity contribution in [2.75, 3.05) is 19.6 Å². The normalized spacial score (nSPS) is 23.1. The largest absolute Gasteiger partial charge is 0.330 e. The van der Waals surface area contributed by atoms with Crippen LogP contribution in [0.2, 0.25) is 0 Å². The quantitative estimate of drug-likeness (QED) is 0.839. The number of carbonyl (C=O) groups excluding carboxylic acids is 1. The Morgan fingerprint density at radius 3 is 2.36 bits per heavy atom. The second-order valence-electron chi connectivity index (χ2n) is 6.65. The van der Waals surface area contributed by atoms with Crippen molar-refractivity contribution in [3.63, 3.8) is 0 Å². The molecule has 0 amide bonds. The third kappa shape index (κ3) is 3.24. The lowest BCUT2D eigenvalue weighted by molar-refractivity contribution is 0.0939. The Balaban J connectivity index is 2.22. The first-order valence-corrected chi connectivity index (χ1v) is 8.98. The lowest BCUT2D eigenvalue weighted by atomic mass is 9.90. The third-order valence-electron chi connectivity index (χ3n) is 4.32. The summed E-state index contributed by atoms with van der Waals surface area (Å²) in [6.45, 7) is 7.06. The van der Waals surface area contributed by atoms with Crippen molar-refractivity contribution in [3.8, 4) is 0 Å². The van der Waals surface area contributed by atoms with Crippen LogP contribution in [0.1, 0.15) is 37.6 Å². The second-order valence-corrected chi connectivity index (χ2v) is 8.58. The van der Waals surface area contributed by atoms with E-state index < -0.39 is 10.0 Å². The van der Waals surface area contributed by atoms with E-state index in [-0.39, 0.29) is 22.0 Å². The van der Waals surface area contributed by atoms with Crippen molar-refractivity contribution in [3.05, 3.63) is 29.8 Å². The van der Waals surface area contributed by atoms with Gasteiger partial charge in [0.25, 0.3) is 0 Å². The molecule has 0 radical (unpaired) electrons. The monoisotopic (exact) mass is 324 g/mol. The number of hydrogen-bond acceptors (Lipinski definition) is 4. The molecule has 1 saturated heterocycles. The number of nitrogens with zero attached hydrogens (tertiary/aromatic N) is 1. The van der Waals surface area contributed by atoms with Gasteiger partial charge in [-0.2, -0.15) is 4.31 Å². The summed E-state index contributed by atoms with van der Waals surface area (Å²) >= 11 is 0. The summed E-state index contributed by atoms with van der Waals surface area (Å²) in [6.07, 6.45) is 0.770. The summed E-state index contributed by atoms with van der Waals surface area (Å²) in [5.41, 5.74) is 6.13. The van der Waals surface area contributed by atoms with E-state index >= 15 is 0 Å². The fourth-order valence-electron chi connectivity index (χ4n) is 2.62. The molecule has 2 rings (SSSR count). The Morgan fingerprint density at radius 1 is 1.32 bits per heavy atom. The Kier molecular flexibility index (Phi) is 4.75. The Morgan fingerprint density at radius 2 is 1.91 bits per heavy atom. The van der Waals surface area contributed by atoms with Crippen LogP contribution in [0.5, 0.6) is 0 Å². The fraction of sp³-hybridized carbons (Fsp3) is 0.562. The maximum Gasteiger partial charge on any atom is 0.243 e. The van der Waals surface area contributed by atoms with Gasteiger partial charge in [0.2, 0.25) is 10.0 Å². The van der Waals surface area contributed by atoms with E-state index in [4.69, 9.17) is 5.73 Å². The zero-order valence-corrected chi connectivity index (χ0v) is 14.2. The van der Waals surface area contributed by atoms with Crippen molar-refractivity contribution in [2.24, 2.45) is 17.1 Å². The van der Waals surface area contributed by atoms with E-state index in [0.717, 1.165) is 6.42 Å². The molecule has 122 valence electrons. The van der Waals surface area contributed by atoms with Crippen LogP contribution < -0.4 is 5.73 Å². The minimum absolute atomic E-state index is 0.0147. The summed E-state index contributed by atoms with van der Waals surface area (Å²) < 4.78 is 26.8. The number of nitrogens with two attached hydrogens (primary N) is 1. The van der Waals surface area contributed by atoms with Gasteiger partial charge < -0.3 is 5.73 Å². The van der Waals surface area contributed by atoms with Gasteiger partial charge in [0, 0.05) is 24.6 Å². The zero-order valence-electron chi connectivity index (χ0n) is 13.4. The van der Waals surface area contributed by atoms with Crippen LogP contribution in [0.25, 0.3) is 0 Å². The molecule has 22 heavy (non-hydrogen) atoms. The molecule has 0 bridgehead atoms. The van der Waals surface area contributed by atoms with Crippen LogP contribution in [-0.4, -0.2) is 38.1 Å². The number of hydrogen-bond donors (Lipinski definition) is 1. The highest BCUT2D eigenvalue weighted by Crippen LogP contribution is 2.32. The molecular formula is C16H24N2O3S. The maximum atomic E-state index is 12.7. The zero-order chi connectivity index (χ0) is 16.5. The summed E-state index contributed by atoms with van der Waals surface area (Å²) in [4.78, 5) is 12.1. The van der Waals surface area contributed by atoms with E-state index in [1.54, 1.807) is 12.1 Å². The fourth-order valence-corrected chi connectivity index (χ4v) is 4.22. The van der Waals surface area contributed by atoms with Gasteiger partial charge in [0.1, 0.15) is 0 Å². The highest BCUT2D eigenvalue weighted by atomic mass is 32.2. The van der Waals surface area contributed by atoms with Gasteiger partial charge in [0.15, 0.2) is 5.78 Å². The van der Waals surface area contributed by atoms with Gasteiger partial charge in [-0.1, -0.05) is 32.9 Å². The topological polar surface area (TPSA) is 80.5 Å². The molecule has 0 spiro atoms. The minimum Gasteiger partial charge on any atom is -0.330 e. The number of rotatable bonds is 5. The Hall–Kier alpha value is -1.24. The van der Waals surface area contributed by atoms with E-state index in [0.29, 0.717) is 25.2 Å². The SMILES string of the molecule is CC(C)C(=O)c1ccc(S(=O)(=O)N2CCC(C)(CN)C2)cc1. The van der Waals surface area contributed by atoms with Gasteiger partial charge in [-0.25, -0.2) is 8.42 Å². The van der Waals surface area contributed by atoms with Gasteiger partial charge in [-0.3, -0.25) is 4.79 Å². The van der Waals surface area contributed by atoms with Crippen molar-refractivity contribution in [2.45, 2.75) is 32.1 Å². The van der Waals surface area contributed by atoms with Gasteiger partial charge in [0.05, 0.1) is 4.90 Å². The van der Waals surface area contributed by atoms with Crippen LogP contribution in [0.3, 0.4) is 0 Å². The molecule has 1 aliphatic rings. The van der Waals surface area contributed by atoms with Crippen LogP contribution in [0, 0.1) is 11.3 Å². The van der Waals surface area contributed by atoms with Crippen LogP contribution in [0.4, 0.5) is 0 Å². The summed E-state index contributed by atoms with van der Waals surface area (Å²) in [7, 11) is -3.52. The lowest BCUT2D eigenvalue weighted by Gasteiger charge is -2.22. The molecule has 2 N–H and O–H groups in total. The first-order chi connectivity index (χ1) is 10.2. The highest BCUT2D eigenvalue weighted by Gasteiger charge is 2.38. The summed E-state index contributed by atoms with van der Waals surface area (Å²) in [6, 6.07) is 6.22. The third-order valence-corrected chi connectivity index (χ3v) is 6.18. The molecule has 0 aliphatic carbocycles. The van der Waals surface area contributed by atoms with E-state index in [9.17, 15) is 13.2 Å². The average Bonchev–Trinajstić information content (AvgIpc) is 2.90. The molecule has 1 atom stereocenters. The molecule has 5 nitrogen and oxygen atoms in total. The number of ketones is 1. The lowest BCUT2D eigenvalue weighted by Crippen LogP contribution is -2.34. The molecule has 1 heterocycles. The predicted molar refractivity (Wildman–Crippen MR) is 86.1 cm³/mol. The van der Waals surface area contributed by atoms with Crippen molar-refractivity contribution < 1.29 is 13.2 Å². The van der Waals surface area contributed by atoms with Crippen molar-refractivity contribution >= 4 is 15.8 Å². The number of Topliss-reactive ketones (excluding diaryl/α,β-unsaturated/α-hetero) is 1. The first kappa shape index (κ1) is 17.1. The van der Waals surface area contributed by atoms with Crippen molar-refractivity contribution in [1.29, 1.82) is 0 Å². The van der Waals surface area contributed by atoms with Gasteiger partial charge >= 0.3 is 0 Å². The van der Waals surface area contributed by atoms with Crippen LogP contribution in [-0.2, 0) is 10.0 Å². The second kappa shape index (κ2) is 6.10. The molecule has 0 saturated carbocycles. The molecular weight excluding hydrogens is 300 g/mol. The molecule has 1 aliphatic heterocycles. The Bertz CT molecular complexity index is 652. The Labute approximate surface area is 132 Å². The highest BCUT2D eigenvalue weighted by molar-refractivity contribution is 7.89. The molecule has 1 fully saturated rings. The van der Waals surface area contributed by atoms with Gasteiger partial charge in [-0.15, -0.1) is 0 Å². The molecule has 6 heteroatoms. The standard InChI is InChI=1S/C16H24N2O3S/c1-12(2)15(19)13-4-6-14(7-5-13)22(20,21)18-9-8-16(3,10-17)11-18/h4-7,12H,8-11,17H2,1-3H3. The molecule has 1 unspecified atom stereocenters. The molecule has 1 aromatic rings. The minimum atomic E-state index is -3.52. The summed E-state index contributed by atoms with van der Waals surface area (Å²) in [5.74, 6) is -0.0906.